The molecular weight excluding hydrogens is 308 g/mol. The van der Waals surface area contributed by atoms with E-state index in [1.807, 2.05) is 25.1 Å². The summed E-state index contributed by atoms with van der Waals surface area (Å²) in [6.45, 7) is 2.41. The molecule has 5 heteroatoms. The third-order valence-corrected chi connectivity index (χ3v) is 3.34. The number of methoxy groups -OCH3 is 1. The van der Waals surface area contributed by atoms with Gasteiger partial charge in [0.2, 0.25) is 0 Å². The molecule has 0 N–H and O–H groups in total. The maximum atomic E-state index is 11.6. The number of aromatic nitrogens is 2. The predicted octanol–water partition coefficient (Wildman–Crippen LogP) is 3.30. The maximum absolute atomic E-state index is 11.6. The fourth-order valence-corrected chi connectivity index (χ4v) is 2.25. The lowest BCUT2D eigenvalue weighted by Crippen LogP contribution is -2.02. The molecule has 0 saturated heterocycles. The average molecular weight is 323 g/mol. The Morgan fingerprint density at radius 2 is 2.26 bits per heavy atom. The molecule has 0 spiro atoms. The standard InChI is InChI=1S/C14H15BrN2O2/c1-3-13(18)11-7-16-17(9-11)8-10-6-12(15)4-5-14(10)19-2/h4-7,9H,3,8H2,1-2H3. The van der Waals surface area contributed by atoms with E-state index in [1.165, 1.54) is 0 Å². The van der Waals surface area contributed by atoms with E-state index in [2.05, 4.69) is 21.0 Å². The van der Waals surface area contributed by atoms with Crippen molar-refractivity contribution in [1.29, 1.82) is 0 Å². The summed E-state index contributed by atoms with van der Waals surface area (Å²) in [6.07, 6.45) is 3.87. The van der Waals surface area contributed by atoms with E-state index in [4.69, 9.17) is 4.74 Å². The van der Waals surface area contributed by atoms with Crippen molar-refractivity contribution in [2.45, 2.75) is 19.9 Å². The minimum atomic E-state index is 0.104. The summed E-state index contributed by atoms with van der Waals surface area (Å²) < 4.78 is 8.05. The molecule has 0 amide bonds. The zero-order valence-electron chi connectivity index (χ0n) is 10.9. The summed E-state index contributed by atoms with van der Waals surface area (Å²) in [4.78, 5) is 11.6. The number of hydrogen-bond acceptors (Lipinski definition) is 3. The Labute approximate surface area is 120 Å². The number of carbonyl (C=O) groups is 1. The van der Waals surface area contributed by atoms with E-state index in [0.717, 1.165) is 15.8 Å². The van der Waals surface area contributed by atoms with Crippen LogP contribution in [0.25, 0.3) is 0 Å². The summed E-state index contributed by atoms with van der Waals surface area (Å²) in [6, 6.07) is 5.82. The third kappa shape index (κ3) is 3.23. The molecule has 0 unspecified atom stereocenters. The highest BCUT2D eigenvalue weighted by atomic mass is 79.9. The number of nitrogens with zero attached hydrogens (tertiary/aromatic N) is 2. The van der Waals surface area contributed by atoms with Crippen LogP contribution in [0.5, 0.6) is 5.75 Å². The molecule has 100 valence electrons. The van der Waals surface area contributed by atoms with Gasteiger partial charge in [-0.1, -0.05) is 22.9 Å². The lowest BCUT2D eigenvalue weighted by molar-refractivity contribution is 0.0988. The van der Waals surface area contributed by atoms with Crippen molar-refractivity contribution in [2.24, 2.45) is 0 Å². The van der Waals surface area contributed by atoms with Crippen molar-refractivity contribution < 1.29 is 9.53 Å². The van der Waals surface area contributed by atoms with Crippen LogP contribution >= 0.6 is 15.9 Å². The van der Waals surface area contributed by atoms with E-state index in [9.17, 15) is 4.79 Å². The first-order chi connectivity index (χ1) is 9.13. The summed E-state index contributed by atoms with van der Waals surface area (Å²) >= 11 is 3.44. The van der Waals surface area contributed by atoms with Crippen LogP contribution in [0.2, 0.25) is 0 Å². The van der Waals surface area contributed by atoms with Gasteiger partial charge in [0.25, 0.3) is 0 Å². The molecule has 0 radical (unpaired) electrons. The van der Waals surface area contributed by atoms with E-state index in [1.54, 1.807) is 24.2 Å². The lowest BCUT2D eigenvalue weighted by atomic mass is 10.2. The molecule has 0 aliphatic heterocycles. The molecule has 0 aliphatic rings. The van der Waals surface area contributed by atoms with Crippen LogP contribution in [0.3, 0.4) is 0 Å². The highest BCUT2D eigenvalue weighted by molar-refractivity contribution is 9.10. The summed E-state index contributed by atoms with van der Waals surface area (Å²) in [5.41, 5.74) is 1.66. The van der Waals surface area contributed by atoms with Crippen molar-refractivity contribution in [1.82, 2.24) is 9.78 Å². The molecule has 4 nitrogen and oxygen atoms in total. The molecule has 0 fully saturated rings. The summed E-state index contributed by atoms with van der Waals surface area (Å²) in [5.74, 6) is 0.912. The van der Waals surface area contributed by atoms with Gasteiger partial charge in [0, 0.05) is 22.7 Å². The Morgan fingerprint density at radius 1 is 1.47 bits per heavy atom. The van der Waals surface area contributed by atoms with Crippen molar-refractivity contribution in [3.8, 4) is 5.75 Å². The zero-order chi connectivity index (χ0) is 13.8. The highest BCUT2D eigenvalue weighted by Crippen LogP contribution is 2.23. The molecule has 2 aromatic rings. The Hall–Kier alpha value is -1.62. The second-order valence-electron chi connectivity index (χ2n) is 4.16. The monoisotopic (exact) mass is 322 g/mol. The fraction of sp³-hybridized carbons (Fsp3) is 0.286. The average Bonchev–Trinajstić information content (AvgIpc) is 2.86. The van der Waals surface area contributed by atoms with Gasteiger partial charge < -0.3 is 4.74 Å². The third-order valence-electron chi connectivity index (χ3n) is 2.85. The number of ketones is 1. The van der Waals surface area contributed by atoms with E-state index < -0.39 is 0 Å². The Balaban J connectivity index is 2.23. The lowest BCUT2D eigenvalue weighted by Gasteiger charge is -2.09. The molecular formula is C14H15BrN2O2. The number of benzene rings is 1. The second kappa shape index (κ2) is 6.02. The number of rotatable bonds is 5. The van der Waals surface area contributed by atoms with Gasteiger partial charge >= 0.3 is 0 Å². The van der Waals surface area contributed by atoms with Gasteiger partial charge in [0.1, 0.15) is 5.75 Å². The molecule has 0 saturated carbocycles. The summed E-state index contributed by atoms with van der Waals surface area (Å²) in [7, 11) is 1.64. The molecule has 0 bridgehead atoms. The number of ether oxygens (including phenoxy) is 1. The molecule has 1 aromatic carbocycles. The quantitative estimate of drug-likeness (QED) is 0.793. The van der Waals surface area contributed by atoms with Crippen molar-refractivity contribution in [3.05, 3.63) is 46.2 Å². The SMILES string of the molecule is CCC(=O)c1cnn(Cc2cc(Br)ccc2OC)c1. The highest BCUT2D eigenvalue weighted by Gasteiger charge is 2.09. The van der Waals surface area contributed by atoms with E-state index >= 15 is 0 Å². The largest absolute Gasteiger partial charge is 0.496 e. The minimum absolute atomic E-state index is 0.104. The number of Topliss-reactive ketones (excluding diaryl/α,β-unsaturated/α-hetero) is 1. The first-order valence-electron chi connectivity index (χ1n) is 6.02. The van der Waals surface area contributed by atoms with E-state index in [0.29, 0.717) is 18.5 Å². The van der Waals surface area contributed by atoms with Gasteiger partial charge in [-0.05, 0) is 18.2 Å². The van der Waals surface area contributed by atoms with Crippen molar-refractivity contribution in [3.63, 3.8) is 0 Å². The van der Waals surface area contributed by atoms with Gasteiger partial charge in [-0.15, -0.1) is 0 Å². The number of halogens is 1. The smallest absolute Gasteiger partial charge is 0.165 e. The van der Waals surface area contributed by atoms with Crippen molar-refractivity contribution in [2.75, 3.05) is 7.11 Å². The maximum Gasteiger partial charge on any atom is 0.165 e. The molecule has 2 rings (SSSR count). The minimum Gasteiger partial charge on any atom is -0.496 e. The number of carbonyl (C=O) groups excluding carboxylic acids is 1. The fourth-order valence-electron chi connectivity index (χ4n) is 1.84. The van der Waals surface area contributed by atoms with Crippen LogP contribution in [0.4, 0.5) is 0 Å². The van der Waals surface area contributed by atoms with Gasteiger partial charge in [0.15, 0.2) is 5.78 Å². The van der Waals surface area contributed by atoms with Crippen LogP contribution < -0.4 is 4.74 Å². The van der Waals surface area contributed by atoms with Crippen LogP contribution in [-0.4, -0.2) is 22.7 Å². The molecule has 19 heavy (non-hydrogen) atoms. The van der Waals surface area contributed by atoms with E-state index in [-0.39, 0.29) is 5.78 Å². The van der Waals surface area contributed by atoms with Crippen molar-refractivity contribution >= 4 is 21.7 Å². The first kappa shape index (κ1) is 13.8. The topological polar surface area (TPSA) is 44.1 Å². The number of hydrogen-bond donors (Lipinski definition) is 0. The van der Waals surface area contributed by atoms with Crippen LogP contribution in [0, 0.1) is 0 Å². The Bertz CT molecular complexity index is 593. The van der Waals surface area contributed by atoms with Crippen LogP contribution in [-0.2, 0) is 6.54 Å². The molecule has 1 heterocycles. The normalized spacial score (nSPS) is 10.5. The van der Waals surface area contributed by atoms with Gasteiger partial charge in [-0.3, -0.25) is 9.48 Å². The second-order valence-corrected chi connectivity index (χ2v) is 5.08. The molecule has 1 aromatic heterocycles. The summed E-state index contributed by atoms with van der Waals surface area (Å²) in [5, 5.41) is 4.21. The molecule has 0 atom stereocenters. The first-order valence-corrected chi connectivity index (χ1v) is 6.81. The molecule has 0 aliphatic carbocycles. The van der Waals surface area contributed by atoms with Crippen LogP contribution in [0.15, 0.2) is 35.1 Å². The van der Waals surface area contributed by atoms with Gasteiger partial charge in [0.05, 0.1) is 25.4 Å². The zero-order valence-corrected chi connectivity index (χ0v) is 12.5. The predicted molar refractivity (Wildman–Crippen MR) is 76.6 cm³/mol. The van der Waals surface area contributed by atoms with Gasteiger partial charge in [-0.2, -0.15) is 5.10 Å². The Kier molecular flexibility index (Phi) is 4.37. The van der Waals surface area contributed by atoms with Gasteiger partial charge in [-0.25, -0.2) is 0 Å². The van der Waals surface area contributed by atoms with Crippen LogP contribution in [0.1, 0.15) is 29.3 Å². The Morgan fingerprint density at radius 3 is 2.95 bits per heavy atom.